The molecule has 1 fully saturated rings. The van der Waals surface area contributed by atoms with Gasteiger partial charge in [0.05, 0.1) is 23.2 Å². The number of rotatable bonds is 3. The number of hydrogen-bond donors (Lipinski definition) is 2. The van der Waals surface area contributed by atoms with Gasteiger partial charge in [-0.05, 0) is 12.1 Å². The van der Waals surface area contributed by atoms with Gasteiger partial charge in [-0.1, -0.05) is 6.07 Å². The van der Waals surface area contributed by atoms with Gasteiger partial charge in [0.15, 0.2) is 5.58 Å². The molecule has 0 saturated carbocycles. The normalized spacial score (nSPS) is 21.8. The number of oxazole rings is 1. The summed E-state index contributed by atoms with van der Waals surface area (Å²) in [6.07, 6.45) is -0.0593. The van der Waals surface area contributed by atoms with Crippen LogP contribution >= 0.6 is 0 Å². The van der Waals surface area contributed by atoms with E-state index in [4.69, 9.17) is 9.15 Å². The summed E-state index contributed by atoms with van der Waals surface area (Å²) in [7, 11) is 3.23. The van der Waals surface area contributed by atoms with Gasteiger partial charge in [0.2, 0.25) is 0 Å². The number of hydrogen-bond acceptors (Lipinski definition) is 5. The van der Waals surface area contributed by atoms with Gasteiger partial charge in [-0.3, -0.25) is 9.36 Å². The molecule has 1 aliphatic rings. The van der Waals surface area contributed by atoms with E-state index in [2.05, 4.69) is 10.6 Å². The maximum absolute atomic E-state index is 12.4. The zero-order chi connectivity index (χ0) is 15.0. The number of amides is 1. The molecule has 3 rings (SSSR count). The highest BCUT2D eigenvalue weighted by Gasteiger charge is 2.29. The average Bonchev–Trinajstić information content (AvgIpc) is 3.04. The molecule has 1 aromatic heterocycles. The Hall–Kier alpha value is -2.12. The molecule has 2 N–H and O–H groups in total. The summed E-state index contributed by atoms with van der Waals surface area (Å²) in [5.41, 5.74) is 1.26. The van der Waals surface area contributed by atoms with Gasteiger partial charge in [-0.25, -0.2) is 4.79 Å². The van der Waals surface area contributed by atoms with E-state index in [1.807, 2.05) is 0 Å². The first-order chi connectivity index (χ1) is 10.1. The molecule has 1 saturated heterocycles. The summed E-state index contributed by atoms with van der Waals surface area (Å²) in [6.45, 7) is 1.35. The lowest BCUT2D eigenvalue weighted by atomic mass is 10.1. The van der Waals surface area contributed by atoms with Gasteiger partial charge in [0, 0.05) is 27.2 Å². The molecule has 2 aromatic rings. The molecule has 1 unspecified atom stereocenters. The van der Waals surface area contributed by atoms with Crippen LogP contribution in [0.3, 0.4) is 0 Å². The van der Waals surface area contributed by atoms with E-state index in [0.29, 0.717) is 29.8 Å². The minimum Gasteiger partial charge on any atom is -0.407 e. The van der Waals surface area contributed by atoms with Gasteiger partial charge >= 0.3 is 5.76 Å². The Balaban J connectivity index is 1.91. The summed E-state index contributed by atoms with van der Waals surface area (Å²) in [6, 6.07) is 5.01. The van der Waals surface area contributed by atoms with Crippen molar-refractivity contribution in [1.29, 1.82) is 0 Å². The highest BCUT2D eigenvalue weighted by Crippen LogP contribution is 2.17. The van der Waals surface area contributed by atoms with E-state index in [9.17, 15) is 9.59 Å². The molecule has 7 nitrogen and oxygen atoms in total. The Morgan fingerprint density at radius 2 is 2.29 bits per heavy atom. The maximum atomic E-state index is 12.4. The van der Waals surface area contributed by atoms with Crippen LogP contribution in [-0.2, 0) is 11.8 Å². The zero-order valence-electron chi connectivity index (χ0n) is 11.9. The molecule has 2 heterocycles. The Kier molecular flexibility index (Phi) is 3.52. The van der Waals surface area contributed by atoms with Crippen LogP contribution in [0.25, 0.3) is 11.1 Å². The molecule has 0 radical (unpaired) electrons. The van der Waals surface area contributed by atoms with Crippen LogP contribution in [0.5, 0.6) is 0 Å². The second kappa shape index (κ2) is 5.34. The summed E-state index contributed by atoms with van der Waals surface area (Å²) in [5.74, 6) is -0.756. The third-order valence-electron chi connectivity index (χ3n) is 3.84. The highest BCUT2D eigenvalue weighted by molar-refractivity contribution is 6.04. The van der Waals surface area contributed by atoms with E-state index < -0.39 is 5.76 Å². The van der Waals surface area contributed by atoms with Gasteiger partial charge < -0.3 is 19.8 Å². The fraction of sp³-hybridized carbons (Fsp3) is 0.429. The maximum Gasteiger partial charge on any atom is 0.419 e. The van der Waals surface area contributed by atoms with Crippen molar-refractivity contribution in [3.63, 3.8) is 0 Å². The van der Waals surface area contributed by atoms with Crippen molar-refractivity contribution < 1.29 is 13.9 Å². The molecule has 0 spiro atoms. The summed E-state index contributed by atoms with van der Waals surface area (Å²) in [4.78, 5) is 24.0. The molecule has 21 heavy (non-hydrogen) atoms. The molecule has 1 aliphatic heterocycles. The summed E-state index contributed by atoms with van der Waals surface area (Å²) >= 11 is 0. The number of aromatic nitrogens is 1. The van der Waals surface area contributed by atoms with Crippen molar-refractivity contribution in [2.45, 2.75) is 12.1 Å². The lowest BCUT2D eigenvalue weighted by Crippen LogP contribution is -2.43. The fourth-order valence-corrected chi connectivity index (χ4v) is 2.62. The Morgan fingerprint density at radius 3 is 3.05 bits per heavy atom. The predicted octanol–water partition coefficient (Wildman–Crippen LogP) is -0.152. The van der Waals surface area contributed by atoms with Crippen molar-refractivity contribution in [1.82, 2.24) is 15.2 Å². The van der Waals surface area contributed by atoms with Crippen molar-refractivity contribution in [2.75, 3.05) is 20.2 Å². The molecular weight excluding hydrogens is 274 g/mol. The second-order valence-electron chi connectivity index (χ2n) is 5.09. The number of fused-ring (bicyclic) bond motifs is 1. The first kappa shape index (κ1) is 13.8. The zero-order valence-corrected chi connectivity index (χ0v) is 11.9. The third kappa shape index (κ3) is 2.34. The van der Waals surface area contributed by atoms with Gasteiger partial charge in [-0.2, -0.15) is 0 Å². The number of carbonyl (C=O) groups is 1. The van der Waals surface area contributed by atoms with Crippen LogP contribution in [0.1, 0.15) is 10.4 Å². The smallest absolute Gasteiger partial charge is 0.407 e. The number of carbonyl (C=O) groups excluding carboxylic acids is 1. The Labute approximate surface area is 120 Å². The quantitative estimate of drug-likeness (QED) is 0.821. The predicted molar refractivity (Wildman–Crippen MR) is 76.4 cm³/mol. The van der Waals surface area contributed by atoms with Crippen molar-refractivity contribution in [3.8, 4) is 0 Å². The SMILES string of the molecule is CO[C@H]1CNCC1NC(=O)c1cccc2c1oc(=O)n2C. The number of methoxy groups -OCH3 is 1. The van der Waals surface area contributed by atoms with Crippen molar-refractivity contribution in [3.05, 3.63) is 34.3 Å². The first-order valence-electron chi connectivity index (χ1n) is 6.74. The minimum atomic E-state index is -0.484. The van der Waals surface area contributed by atoms with Crippen LogP contribution in [0.4, 0.5) is 0 Å². The van der Waals surface area contributed by atoms with Crippen LogP contribution in [0.15, 0.2) is 27.4 Å². The Morgan fingerprint density at radius 1 is 1.48 bits per heavy atom. The lowest BCUT2D eigenvalue weighted by Gasteiger charge is -2.18. The van der Waals surface area contributed by atoms with Crippen LogP contribution in [-0.4, -0.2) is 42.8 Å². The monoisotopic (exact) mass is 291 g/mol. The van der Waals surface area contributed by atoms with Crippen LogP contribution < -0.4 is 16.4 Å². The molecule has 7 heteroatoms. The molecular formula is C14H17N3O4. The van der Waals surface area contributed by atoms with Crippen molar-refractivity contribution >= 4 is 17.0 Å². The largest absolute Gasteiger partial charge is 0.419 e. The molecule has 0 aliphatic carbocycles. The number of nitrogens with zero attached hydrogens (tertiary/aromatic N) is 1. The summed E-state index contributed by atoms with van der Waals surface area (Å²) in [5, 5.41) is 6.08. The third-order valence-corrected chi connectivity index (χ3v) is 3.84. The van der Waals surface area contributed by atoms with Crippen LogP contribution in [0.2, 0.25) is 0 Å². The van der Waals surface area contributed by atoms with Gasteiger partial charge in [0.25, 0.3) is 5.91 Å². The molecule has 0 bridgehead atoms. The first-order valence-corrected chi connectivity index (χ1v) is 6.74. The summed E-state index contributed by atoms with van der Waals surface area (Å²) < 4.78 is 11.9. The molecule has 1 aromatic carbocycles. The topological polar surface area (TPSA) is 85.5 Å². The van der Waals surface area contributed by atoms with E-state index in [1.165, 1.54) is 4.57 Å². The van der Waals surface area contributed by atoms with E-state index >= 15 is 0 Å². The molecule has 1 amide bonds. The molecule has 2 atom stereocenters. The van der Waals surface area contributed by atoms with Crippen LogP contribution in [0, 0.1) is 0 Å². The molecule has 112 valence electrons. The standard InChI is InChI=1S/C14H17N3O4/c1-17-10-5-3-4-8(12(10)21-14(17)19)13(18)16-9-6-15-7-11(9)20-2/h3-5,9,11,15H,6-7H2,1-2H3,(H,16,18)/t9?,11-/m0/s1. The van der Waals surface area contributed by atoms with Crippen molar-refractivity contribution in [2.24, 2.45) is 7.05 Å². The lowest BCUT2D eigenvalue weighted by molar-refractivity contribution is 0.0780. The van der Waals surface area contributed by atoms with E-state index in [0.717, 1.165) is 0 Å². The highest BCUT2D eigenvalue weighted by atomic mass is 16.5. The van der Waals surface area contributed by atoms with E-state index in [1.54, 1.807) is 32.4 Å². The number of nitrogens with one attached hydrogen (secondary N) is 2. The van der Waals surface area contributed by atoms with Gasteiger partial charge in [0.1, 0.15) is 0 Å². The average molecular weight is 291 g/mol. The van der Waals surface area contributed by atoms with E-state index in [-0.39, 0.29) is 18.1 Å². The Bertz CT molecular complexity index is 733. The number of ether oxygens (including phenoxy) is 1. The fourth-order valence-electron chi connectivity index (χ4n) is 2.62. The number of benzene rings is 1. The number of aryl methyl sites for hydroxylation is 1. The minimum absolute atomic E-state index is 0.0593. The second-order valence-corrected chi connectivity index (χ2v) is 5.09. The van der Waals surface area contributed by atoms with Gasteiger partial charge in [-0.15, -0.1) is 0 Å². The number of para-hydroxylation sites is 1.